The fraction of sp³-hybridized carbons (Fsp3) is 0.540. The van der Waals surface area contributed by atoms with Crippen LogP contribution in [-0.2, 0) is 101 Å². The summed E-state index contributed by atoms with van der Waals surface area (Å²) < 4.78 is 0. The summed E-state index contributed by atoms with van der Waals surface area (Å²) >= 11 is 0.748. The van der Waals surface area contributed by atoms with Crippen molar-refractivity contribution in [2.45, 2.75) is 221 Å². The number of aliphatic hydroxyl groups is 4. The van der Waals surface area contributed by atoms with Crippen LogP contribution in [0, 0.1) is 5.41 Å². The first kappa shape index (κ1) is 104. The van der Waals surface area contributed by atoms with Crippen LogP contribution in [-0.4, -0.2) is 336 Å². The standard InChI is InChI=1S/C87H124N22O22S/c1-7-9-22-66-79(124)97-57(21-15-31-92-87(90)91)75(120)104-65(74(119)95-42-71(89)116)45-132-46-72(117)96-61(35-48-25-27-51(113)28-26-48)82(127)105(4)47(3)73(118)101-63(39-70(88)115)85(130)108-32-16-24-67(108)80(125)98-58(29-33-110)76(121)99-59(30-34-111)84(129)109-43-52(114)38-69(109)81(126)100-60(36-49-40-93-55-19-13-11-17-53(49)55)77(122)103-64(44-112)78(123)102-62(37-50-41-94-56-20-14-12-18-54(50)56)83(128)107(6)68(23-10-8-2)86(131)106(66)5/h11-14,17-20,25-28,40-41,47,52,57-69,93-94,110-114H,7-10,15-16,21-24,29-39,42-46H2,1-6H3,(H2,88,115)(H2,89,116)(H,95,119)(H,96,117)(H,97,124)(H,98,125)(H,99,121)(H,100,126)(H,101,118)(H,102,123)(H,103,122)(H,104,120)(H4,90,91,92)/t47-,52+,57-,58-,59-,60-,61-,62-,63-,64-,65?,66-,67-,68-,69-/m0/s1. The van der Waals surface area contributed by atoms with Gasteiger partial charge in [-0.3, -0.25) is 86.9 Å². The number of guanidine groups is 1. The SMILES string of the molecule is CCCC[C@H]1C(=O)N(C)[C@@H](CCCC)C(=O)N[C@@H](CCCNC(=N)N)C(=O)NC(C(=O)NCC(N)=O)CSCC(=O)N[C@@H](Cc2ccc(O)cc2)C(=O)N(C)[C@@H](C)C(=O)N[C@@H](CC(N)=O)C(=O)N2CCC[C@H]2C(=O)N[C@@H](CCO)C(=O)N[C@@H](CCO)C(=O)N2C[C@H](O)C[C@H]2C(=O)N[C@@H](Cc2c[nH]c3ccccc23)C(=O)N[C@@H](CO)C(=O)N[C@@H](Cc2c[nH]c3ccccc23)C(=O)N1C. The molecular weight excluding hydrogens is 1740 g/mol. The summed E-state index contributed by atoms with van der Waals surface area (Å²) in [6.07, 6.45) is -0.159. The second-order valence-electron chi connectivity index (χ2n) is 33.1. The number of hydrogen-bond donors (Lipinski definition) is 22. The van der Waals surface area contributed by atoms with Gasteiger partial charge in [-0.05, 0) is 99.2 Å². The van der Waals surface area contributed by atoms with E-state index in [-0.39, 0.29) is 76.6 Å². The Balaban J connectivity index is 1.19. The molecule has 44 nitrogen and oxygen atoms in total. The van der Waals surface area contributed by atoms with Gasteiger partial charge < -0.3 is 136 Å². The number of primary amides is 2. The van der Waals surface area contributed by atoms with Crippen LogP contribution in [0.15, 0.2) is 85.2 Å². The first-order valence-electron chi connectivity index (χ1n) is 43.9. The molecule has 3 aliphatic heterocycles. The highest BCUT2D eigenvalue weighted by Crippen LogP contribution is 2.28. The first-order chi connectivity index (χ1) is 62.9. The molecule has 17 amide bonds. The number of amides is 17. The van der Waals surface area contributed by atoms with Crippen molar-refractivity contribution in [3.8, 4) is 5.75 Å². The summed E-state index contributed by atoms with van der Waals surface area (Å²) in [5, 5.41) is 90.7. The molecule has 3 aromatic carbocycles. The summed E-state index contributed by atoms with van der Waals surface area (Å²) in [4.78, 5) is 259. The van der Waals surface area contributed by atoms with Gasteiger partial charge in [0.1, 0.15) is 90.3 Å². The summed E-state index contributed by atoms with van der Waals surface area (Å²) in [6, 6.07) is -3.19. The number of unbranched alkanes of at least 4 members (excludes halogenated alkanes) is 2. The number of thioether (sulfide) groups is 1. The fourth-order valence-electron chi connectivity index (χ4n) is 16.1. The molecule has 132 heavy (non-hydrogen) atoms. The third-order valence-corrected chi connectivity index (χ3v) is 24.5. The molecule has 15 atom stereocenters. The number of phenolic OH excluding ortho intramolecular Hbond substituents is 1. The molecule has 45 heteroatoms. The Morgan fingerprint density at radius 2 is 1.02 bits per heavy atom. The highest BCUT2D eigenvalue weighted by Gasteiger charge is 2.47. The highest BCUT2D eigenvalue weighted by atomic mass is 32.2. The number of rotatable bonds is 26. The third kappa shape index (κ3) is 29.0. The number of para-hydroxylation sites is 2. The largest absolute Gasteiger partial charge is 0.508 e. The zero-order chi connectivity index (χ0) is 96.7. The summed E-state index contributed by atoms with van der Waals surface area (Å²) in [5.41, 5.74) is 19.2. The molecule has 0 aliphatic carbocycles. The van der Waals surface area contributed by atoms with Crippen molar-refractivity contribution >= 4 is 140 Å². The molecule has 0 spiro atoms. The number of nitrogens with zero attached hydrogens (tertiary/aromatic N) is 5. The molecule has 0 radical (unpaired) electrons. The Kier molecular flexibility index (Phi) is 39.9. The number of fused-ring (bicyclic) bond motifs is 4. The number of nitrogens with two attached hydrogens (primary N) is 3. The number of likely N-dealkylation sites (N-methyl/N-ethyl adjacent to an activating group) is 3. The molecule has 2 aromatic heterocycles. The first-order valence-corrected chi connectivity index (χ1v) is 45.1. The Bertz CT molecular complexity index is 4940. The van der Waals surface area contributed by atoms with Crippen molar-refractivity contribution < 1.29 is 107 Å². The average Bonchev–Trinajstić information content (AvgIpc) is 1.27. The van der Waals surface area contributed by atoms with Crippen LogP contribution >= 0.6 is 11.8 Å². The minimum atomic E-state index is -1.92. The fourth-order valence-corrected chi connectivity index (χ4v) is 16.9. The Hall–Kier alpha value is -13.0. The maximum Gasteiger partial charge on any atom is 0.246 e. The average molecular weight is 1860 g/mol. The van der Waals surface area contributed by atoms with Gasteiger partial charge >= 0.3 is 0 Å². The van der Waals surface area contributed by atoms with Crippen LogP contribution in [0.5, 0.6) is 5.75 Å². The van der Waals surface area contributed by atoms with Gasteiger partial charge in [0.2, 0.25) is 100 Å². The molecular formula is C87H124N22O22S. The van der Waals surface area contributed by atoms with E-state index in [2.05, 4.69) is 68.5 Å². The van der Waals surface area contributed by atoms with Gasteiger partial charge in [-0.2, -0.15) is 0 Å². The van der Waals surface area contributed by atoms with Crippen LogP contribution in [0.1, 0.15) is 127 Å². The van der Waals surface area contributed by atoms with Gasteiger partial charge in [0.15, 0.2) is 5.96 Å². The van der Waals surface area contributed by atoms with Crippen molar-refractivity contribution in [2.75, 3.05) is 78.6 Å². The molecule has 3 aliphatic rings. The van der Waals surface area contributed by atoms with E-state index >= 15 is 28.8 Å². The van der Waals surface area contributed by atoms with Gasteiger partial charge in [0.05, 0.1) is 31.4 Å². The predicted octanol–water partition coefficient (Wildman–Crippen LogP) is -5.18. The van der Waals surface area contributed by atoms with Crippen LogP contribution < -0.4 is 75.7 Å². The molecule has 0 saturated carbocycles. The zero-order valence-corrected chi connectivity index (χ0v) is 75.5. The van der Waals surface area contributed by atoms with Crippen molar-refractivity contribution in [3.63, 3.8) is 0 Å². The van der Waals surface area contributed by atoms with Crippen molar-refractivity contribution in [1.29, 1.82) is 5.41 Å². The van der Waals surface area contributed by atoms with E-state index in [1.807, 2.05) is 13.8 Å². The minimum Gasteiger partial charge on any atom is -0.508 e. The Morgan fingerprint density at radius 1 is 0.508 bits per heavy atom. The van der Waals surface area contributed by atoms with E-state index in [9.17, 15) is 78.3 Å². The number of carbonyl (C=O) groups is 17. The van der Waals surface area contributed by atoms with Crippen LogP contribution in [0.25, 0.3) is 21.8 Å². The highest BCUT2D eigenvalue weighted by molar-refractivity contribution is 8.00. The van der Waals surface area contributed by atoms with E-state index in [0.717, 1.165) is 36.3 Å². The molecule has 5 aromatic rings. The number of aromatic nitrogens is 2. The monoisotopic (exact) mass is 1860 g/mol. The maximum atomic E-state index is 15.7. The molecule has 5 heterocycles. The number of aromatic hydroxyl groups is 1. The predicted molar refractivity (Wildman–Crippen MR) is 481 cm³/mol. The quantitative estimate of drug-likeness (QED) is 0.0140. The molecule has 8 rings (SSSR count). The number of phenols is 1. The summed E-state index contributed by atoms with van der Waals surface area (Å²) in [6.45, 7) is 0.749. The van der Waals surface area contributed by atoms with E-state index in [0.29, 0.717) is 64.2 Å². The molecule has 3 fully saturated rings. The van der Waals surface area contributed by atoms with E-state index in [4.69, 9.17) is 22.6 Å². The zero-order valence-electron chi connectivity index (χ0n) is 74.7. The van der Waals surface area contributed by atoms with E-state index in [1.54, 1.807) is 60.9 Å². The molecule has 1 unspecified atom stereocenters. The number of carbonyl (C=O) groups excluding carboxylic acids is 17. The summed E-state index contributed by atoms with van der Waals surface area (Å²) in [7, 11) is 3.85. The lowest BCUT2D eigenvalue weighted by Gasteiger charge is -2.36. The molecule has 0 bridgehead atoms. The van der Waals surface area contributed by atoms with E-state index in [1.165, 1.54) is 52.3 Å². The molecule has 3 saturated heterocycles. The molecule has 720 valence electrons. The number of hydrogen-bond acceptors (Lipinski definition) is 24. The van der Waals surface area contributed by atoms with Crippen molar-refractivity contribution in [3.05, 3.63) is 102 Å². The Labute approximate surface area is 765 Å². The minimum absolute atomic E-state index is 0.0216. The van der Waals surface area contributed by atoms with Crippen molar-refractivity contribution in [1.82, 2.24) is 93.0 Å². The number of H-pyrrole nitrogens is 2. The van der Waals surface area contributed by atoms with Crippen LogP contribution in [0.4, 0.5) is 0 Å². The Morgan fingerprint density at radius 3 is 1.62 bits per heavy atom. The third-order valence-electron chi connectivity index (χ3n) is 23.5. The second kappa shape index (κ2) is 50.4. The smallest absolute Gasteiger partial charge is 0.246 e. The van der Waals surface area contributed by atoms with Gasteiger partial charge in [-0.1, -0.05) is 88.1 Å². The van der Waals surface area contributed by atoms with Gasteiger partial charge in [0, 0.05) is 120 Å². The van der Waals surface area contributed by atoms with Crippen LogP contribution in [0.2, 0.25) is 0 Å². The number of nitrogens with one attached hydrogen (secondary N) is 14. The number of aliphatic hydroxyl groups excluding tert-OH is 4. The van der Waals surface area contributed by atoms with Gasteiger partial charge in [-0.15, -0.1) is 11.8 Å². The van der Waals surface area contributed by atoms with Crippen molar-refractivity contribution in [2.24, 2.45) is 17.2 Å². The normalized spacial score (nSPS) is 25.0. The lowest BCUT2D eigenvalue weighted by molar-refractivity contribution is -0.149. The van der Waals surface area contributed by atoms with Gasteiger partial charge in [-0.25, -0.2) is 0 Å². The van der Waals surface area contributed by atoms with Crippen LogP contribution in [0.3, 0.4) is 0 Å². The molecule has 25 N–H and O–H groups in total. The lowest BCUT2D eigenvalue weighted by Crippen LogP contribution is -2.61. The van der Waals surface area contributed by atoms with E-state index < -0.39 is 267 Å². The lowest BCUT2D eigenvalue weighted by atomic mass is 10.00. The maximum absolute atomic E-state index is 15.7. The van der Waals surface area contributed by atoms with Gasteiger partial charge in [0.25, 0.3) is 0 Å². The summed E-state index contributed by atoms with van der Waals surface area (Å²) in [5.74, 6) is -18.5. The number of aromatic amines is 2. The number of benzene rings is 3. The topological polar surface area (TPSA) is 673 Å². The second-order valence-corrected chi connectivity index (χ2v) is 34.1.